The van der Waals surface area contributed by atoms with E-state index < -0.39 is 126 Å². The second kappa shape index (κ2) is 13.0. The fourth-order valence-corrected chi connectivity index (χ4v) is 8.46. The Morgan fingerprint density at radius 1 is 0.491 bits per heavy atom. The number of phenols is 1. The van der Waals surface area contributed by atoms with Crippen LogP contribution in [0.5, 0.6) is 5.75 Å². The monoisotopic (exact) mass is 832 g/mol. The van der Waals surface area contributed by atoms with Crippen LogP contribution in [0.25, 0.3) is 21.5 Å². The maximum Gasteiger partial charge on any atom is 0.297 e. The van der Waals surface area contributed by atoms with Crippen LogP contribution in [-0.4, -0.2) is 70.0 Å². The molecule has 0 saturated heterocycles. The lowest BCUT2D eigenvalue weighted by molar-refractivity contribution is 0.471. The Hall–Kier alpha value is -5.23. The number of benzene rings is 5. The van der Waals surface area contributed by atoms with E-state index in [1.165, 1.54) is 24.3 Å². The predicted molar refractivity (Wildman–Crippen MR) is 182 cm³/mol. The van der Waals surface area contributed by atoms with Gasteiger partial charge in [0.2, 0.25) is 0 Å². The molecular weight excluding hydrogens is 813 g/mol. The quantitative estimate of drug-likeness (QED) is 0.0592. The fraction of sp³-hybridized carbons (Fsp3) is 0. The molecule has 0 amide bonds. The third kappa shape index (κ3) is 7.64. The molecule has 53 heavy (non-hydrogen) atoms. The lowest BCUT2D eigenvalue weighted by atomic mass is 10.1. The number of azo groups is 2. The Balaban J connectivity index is 1.83. The number of nitrogens with zero attached hydrogens (tertiary/aromatic N) is 4. The van der Waals surface area contributed by atoms with Gasteiger partial charge in [-0.2, -0.15) is 42.1 Å². The minimum Gasteiger partial charge on any atom is -0.505 e. The van der Waals surface area contributed by atoms with Crippen molar-refractivity contribution in [2.75, 3.05) is 11.5 Å². The van der Waals surface area contributed by atoms with Crippen molar-refractivity contribution >= 4 is 106 Å². The van der Waals surface area contributed by atoms with Crippen LogP contribution in [0.15, 0.2) is 106 Å². The van der Waals surface area contributed by atoms with Gasteiger partial charge in [0, 0.05) is 5.39 Å². The Morgan fingerprint density at radius 3 is 1.55 bits per heavy atom. The molecule has 0 aromatic heterocycles. The third-order valence-electron chi connectivity index (χ3n) is 7.15. The smallest absolute Gasteiger partial charge is 0.297 e. The van der Waals surface area contributed by atoms with E-state index in [0.717, 1.165) is 6.07 Å². The Bertz CT molecular complexity index is 3060. The van der Waals surface area contributed by atoms with Gasteiger partial charge >= 0.3 is 0 Å². The Labute approximate surface area is 297 Å². The molecule has 0 radical (unpaired) electrons. The van der Waals surface area contributed by atoms with Gasteiger partial charge in [-0.3, -0.25) is 22.8 Å². The van der Waals surface area contributed by atoms with Gasteiger partial charge in [0.05, 0.1) is 16.8 Å². The van der Waals surface area contributed by atoms with Crippen molar-refractivity contribution in [2.45, 2.75) is 24.5 Å². The van der Waals surface area contributed by atoms with E-state index >= 15 is 0 Å². The first kappa shape index (κ1) is 39.0. The van der Waals surface area contributed by atoms with E-state index in [2.05, 4.69) is 20.5 Å². The van der Waals surface area contributed by atoms with E-state index in [-0.39, 0.29) is 11.5 Å². The summed E-state index contributed by atoms with van der Waals surface area (Å²) in [4.78, 5) is -5.86. The van der Waals surface area contributed by atoms with Crippen LogP contribution < -0.4 is 11.5 Å². The van der Waals surface area contributed by atoms with Crippen molar-refractivity contribution in [3.05, 3.63) is 60.7 Å². The molecule has 10 N–H and O–H groups in total. The highest BCUT2D eigenvalue weighted by atomic mass is 32.2. The van der Waals surface area contributed by atoms with Crippen molar-refractivity contribution in [2.24, 2.45) is 20.5 Å². The van der Waals surface area contributed by atoms with Gasteiger partial charge in [-0.1, -0.05) is 30.3 Å². The summed E-state index contributed by atoms with van der Waals surface area (Å²) >= 11 is 0. The second-order valence-corrected chi connectivity index (χ2v) is 17.5. The predicted octanol–water partition coefficient (Wildman–Crippen LogP) is 3.93. The highest BCUT2D eigenvalue weighted by Crippen LogP contribution is 2.49. The average Bonchev–Trinajstić information content (AvgIpc) is 3.00. The van der Waals surface area contributed by atoms with Crippen molar-refractivity contribution in [1.29, 1.82) is 0 Å². The zero-order valence-corrected chi connectivity index (χ0v) is 29.6. The first-order valence-electron chi connectivity index (χ1n) is 13.5. The fourth-order valence-electron chi connectivity index (χ4n) is 4.97. The van der Waals surface area contributed by atoms with Crippen LogP contribution in [0.4, 0.5) is 34.1 Å². The van der Waals surface area contributed by atoms with Crippen LogP contribution in [0.3, 0.4) is 0 Å². The molecule has 0 aliphatic heterocycles. The highest BCUT2D eigenvalue weighted by molar-refractivity contribution is 7.87. The lowest BCUT2D eigenvalue weighted by Gasteiger charge is -2.14. The summed E-state index contributed by atoms with van der Waals surface area (Å²) in [6.45, 7) is 0. The molecule has 27 heteroatoms. The van der Waals surface area contributed by atoms with Crippen LogP contribution in [0.2, 0.25) is 0 Å². The van der Waals surface area contributed by atoms with Gasteiger partial charge in [0.25, 0.3) is 50.6 Å². The molecule has 0 aliphatic carbocycles. The van der Waals surface area contributed by atoms with E-state index in [9.17, 15) is 70.0 Å². The van der Waals surface area contributed by atoms with Gasteiger partial charge in [-0.15, -0.1) is 20.5 Å². The maximum absolute atomic E-state index is 12.4. The molecule has 5 aromatic rings. The number of anilines is 2. The number of nitrogens with two attached hydrogens (primary N) is 2. The number of fused-ring (bicyclic) bond motifs is 2. The normalized spacial score (nSPS) is 13.5. The molecule has 0 bridgehead atoms. The van der Waals surface area contributed by atoms with Crippen LogP contribution in [0, 0.1) is 0 Å². The van der Waals surface area contributed by atoms with E-state index in [0.29, 0.717) is 23.6 Å². The summed E-state index contributed by atoms with van der Waals surface area (Å²) in [6.07, 6.45) is 0. The molecule has 280 valence electrons. The maximum atomic E-state index is 12.4. The summed E-state index contributed by atoms with van der Waals surface area (Å²) in [5, 5.41) is 24.4. The topological polar surface area (TPSA) is 394 Å². The summed E-state index contributed by atoms with van der Waals surface area (Å²) < 4.78 is 171. The molecule has 5 aromatic carbocycles. The molecule has 0 aliphatic rings. The highest BCUT2D eigenvalue weighted by Gasteiger charge is 2.29. The molecule has 0 saturated carbocycles. The largest absolute Gasteiger partial charge is 0.505 e. The summed E-state index contributed by atoms with van der Waals surface area (Å²) in [6, 6.07) is 9.85. The molecule has 0 spiro atoms. The minimum atomic E-state index is -5.47. The molecule has 0 heterocycles. The van der Waals surface area contributed by atoms with Crippen LogP contribution in [-0.2, 0) is 50.6 Å². The van der Waals surface area contributed by atoms with Crippen molar-refractivity contribution in [3.63, 3.8) is 0 Å². The first-order valence-corrected chi connectivity index (χ1v) is 20.7. The second-order valence-electron chi connectivity index (χ2n) is 10.6. The molecule has 0 unspecified atom stereocenters. The van der Waals surface area contributed by atoms with Crippen molar-refractivity contribution in [1.82, 2.24) is 0 Å². The van der Waals surface area contributed by atoms with E-state index in [1.807, 2.05) is 0 Å². The van der Waals surface area contributed by atoms with Crippen LogP contribution >= 0.6 is 0 Å². The summed E-state index contributed by atoms with van der Waals surface area (Å²) in [5.74, 6) is -1.34. The number of nitrogen functional groups attached to an aromatic ring is 2. The minimum absolute atomic E-state index is 0.0372. The average molecular weight is 833 g/mol. The molecule has 22 nitrogen and oxygen atoms in total. The molecule has 0 atom stereocenters. The van der Waals surface area contributed by atoms with Gasteiger partial charge in [-0.05, 0) is 41.1 Å². The van der Waals surface area contributed by atoms with Crippen molar-refractivity contribution < 1.29 is 70.0 Å². The lowest BCUT2D eigenvalue weighted by Crippen LogP contribution is -2.07. The number of rotatable bonds is 9. The Morgan fingerprint density at radius 2 is 1.00 bits per heavy atom. The number of hydrogen-bond donors (Lipinski definition) is 8. The van der Waals surface area contributed by atoms with Gasteiger partial charge in [-0.25, -0.2) is 0 Å². The molecule has 5 rings (SSSR count). The van der Waals surface area contributed by atoms with Gasteiger partial charge < -0.3 is 16.6 Å². The standard InChI is InChI=1S/C26H20N6O16S5/c27-14-9-16(18(50(37,38)39)10-17(14)49(34,35)36)30-32-24-20(52(43,44)45)8-12-7-19(51(40,41)42)23(22(28)21(12)25(24)33)31-29-15-6-5-11-3-1-2-4-13(11)26(15)53(46,47)48/h1-10,33H,27-28H2,(H,34,35,36)(H,37,38,39)(H,40,41,42)(H,43,44,45)(H,46,47,48)/b31-29+,32-30+. The summed E-state index contributed by atoms with van der Waals surface area (Å²) in [5.41, 5.74) is 6.12. The van der Waals surface area contributed by atoms with Gasteiger partial charge in [0.15, 0.2) is 5.75 Å². The molecule has 0 fully saturated rings. The van der Waals surface area contributed by atoms with E-state index in [4.69, 9.17) is 11.5 Å². The van der Waals surface area contributed by atoms with Crippen molar-refractivity contribution in [3.8, 4) is 5.75 Å². The van der Waals surface area contributed by atoms with E-state index in [1.54, 1.807) is 6.07 Å². The number of aromatic hydroxyl groups is 1. The number of phenolic OH excluding ortho intramolecular Hbond substituents is 1. The van der Waals surface area contributed by atoms with Gasteiger partial charge in [0.1, 0.15) is 47.2 Å². The van der Waals surface area contributed by atoms with Crippen LogP contribution in [0.1, 0.15) is 0 Å². The SMILES string of the molecule is Nc1cc(/N=N/c2c(S(=O)(=O)O)cc3cc(S(=O)(=O)O)c(/N=N/c4ccc5ccccc5c4S(=O)(=O)O)c(N)c3c2O)c(S(=O)(=O)O)cc1S(=O)(=O)O. The third-order valence-corrected chi connectivity index (χ3v) is 11.6. The zero-order chi connectivity index (χ0) is 39.6. The summed E-state index contributed by atoms with van der Waals surface area (Å²) in [7, 11) is -26.5. The number of hydrogen-bond acceptors (Lipinski definition) is 17. The zero-order valence-electron chi connectivity index (χ0n) is 25.5. The Kier molecular flexibility index (Phi) is 9.57. The molecular formula is C26H20N6O16S5. The first-order chi connectivity index (χ1) is 24.2.